The van der Waals surface area contributed by atoms with Gasteiger partial charge in [0.25, 0.3) is 0 Å². The molecule has 1 N–H and O–H groups in total. The average molecular weight is 308 g/mol. The van der Waals surface area contributed by atoms with Crippen molar-refractivity contribution in [1.29, 1.82) is 0 Å². The van der Waals surface area contributed by atoms with Crippen molar-refractivity contribution in [3.63, 3.8) is 0 Å². The maximum atomic E-state index is 9.12. The van der Waals surface area contributed by atoms with Gasteiger partial charge in [-0.1, -0.05) is 0 Å². The van der Waals surface area contributed by atoms with Gasteiger partial charge in [-0.05, 0) is 46.6 Å². The van der Waals surface area contributed by atoms with E-state index >= 15 is 0 Å². The number of amidine groups is 1. The summed E-state index contributed by atoms with van der Waals surface area (Å²) in [6.07, 6.45) is 7.59. The standard InChI is InChI=1S/C16H28N4O2/c1-12(2)20(13(3)4)11-18-15-7-8-19(10-17-15)16-6-5-14(9-21)22-16/h7-8,11-14,16,21H,5-6,9-10H2,1-4H3. The van der Waals surface area contributed by atoms with Crippen molar-refractivity contribution < 1.29 is 9.84 Å². The molecule has 2 atom stereocenters. The molecule has 2 aliphatic rings. The number of aliphatic imine (C=N–C) groups is 2. The molecular formula is C16H28N4O2. The van der Waals surface area contributed by atoms with Crippen LogP contribution in [0.15, 0.2) is 22.3 Å². The highest BCUT2D eigenvalue weighted by Gasteiger charge is 2.28. The average Bonchev–Trinajstić information content (AvgIpc) is 2.96. The van der Waals surface area contributed by atoms with Crippen molar-refractivity contribution in [2.45, 2.75) is 65.0 Å². The fourth-order valence-electron chi connectivity index (χ4n) is 2.74. The highest BCUT2D eigenvalue weighted by molar-refractivity contribution is 5.98. The third kappa shape index (κ3) is 4.30. The maximum Gasteiger partial charge on any atom is 0.152 e. The SMILES string of the molecule is CC(C)N(C=NC1=NCN(C2CCC(CO)O2)C=C1)C(C)C. The Morgan fingerprint density at radius 2 is 2.14 bits per heavy atom. The van der Waals surface area contributed by atoms with Crippen LogP contribution in [0.3, 0.4) is 0 Å². The minimum absolute atomic E-state index is 0.0190. The lowest BCUT2D eigenvalue weighted by molar-refractivity contribution is -0.0495. The summed E-state index contributed by atoms with van der Waals surface area (Å²) >= 11 is 0. The molecule has 1 saturated heterocycles. The van der Waals surface area contributed by atoms with E-state index in [0.29, 0.717) is 18.8 Å². The van der Waals surface area contributed by atoms with E-state index < -0.39 is 0 Å². The molecule has 0 radical (unpaired) electrons. The monoisotopic (exact) mass is 308 g/mol. The first-order chi connectivity index (χ1) is 10.5. The van der Waals surface area contributed by atoms with Crippen LogP contribution in [0.1, 0.15) is 40.5 Å². The van der Waals surface area contributed by atoms with Crippen LogP contribution < -0.4 is 0 Å². The van der Waals surface area contributed by atoms with Gasteiger partial charge in [0.1, 0.15) is 12.9 Å². The predicted molar refractivity (Wildman–Crippen MR) is 88.9 cm³/mol. The quantitative estimate of drug-likeness (QED) is 0.621. The number of hydrogen-bond donors (Lipinski definition) is 1. The van der Waals surface area contributed by atoms with Crippen molar-refractivity contribution in [3.05, 3.63) is 12.3 Å². The van der Waals surface area contributed by atoms with Crippen molar-refractivity contribution in [3.8, 4) is 0 Å². The second-order valence-corrected chi connectivity index (χ2v) is 6.34. The van der Waals surface area contributed by atoms with Gasteiger partial charge in [-0.25, -0.2) is 9.98 Å². The van der Waals surface area contributed by atoms with Crippen LogP contribution in [0.5, 0.6) is 0 Å². The summed E-state index contributed by atoms with van der Waals surface area (Å²) in [7, 11) is 0. The first-order valence-electron chi connectivity index (χ1n) is 8.07. The zero-order valence-corrected chi connectivity index (χ0v) is 14.0. The van der Waals surface area contributed by atoms with Crippen LogP contribution in [-0.2, 0) is 4.74 Å². The van der Waals surface area contributed by atoms with Gasteiger partial charge in [-0.15, -0.1) is 0 Å². The Labute approximate surface area is 133 Å². The van der Waals surface area contributed by atoms with Gasteiger partial charge in [0.15, 0.2) is 5.84 Å². The van der Waals surface area contributed by atoms with Crippen LogP contribution in [-0.4, -0.2) is 64.8 Å². The van der Waals surface area contributed by atoms with Gasteiger partial charge in [-0.2, -0.15) is 0 Å². The van der Waals surface area contributed by atoms with E-state index in [2.05, 4.69) is 47.5 Å². The molecule has 0 aromatic heterocycles. The molecule has 0 aromatic rings. The molecule has 6 heteroatoms. The van der Waals surface area contributed by atoms with Gasteiger partial charge in [0, 0.05) is 18.3 Å². The molecule has 0 saturated carbocycles. The smallest absolute Gasteiger partial charge is 0.152 e. The van der Waals surface area contributed by atoms with Crippen LogP contribution in [0.4, 0.5) is 0 Å². The van der Waals surface area contributed by atoms with E-state index in [9.17, 15) is 0 Å². The Bertz CT molecular complexity index is 437. The molecule has 0 amide bonds. The molecule has 2 rings (SSSR count). The largest absolute Gasteiger partial charge is 0.394 e. The van der Waals surface area contributed by atoms with Gasteiger partial charge in [0.05, 0.1) is 19.0 Å². The third-order valence-electron chi connectivity index (χ3n) is 3.99. The van der Waals surface area contributed by atoms with Gasteiger partial charge in [-0.3, -0.25) is 0 Å². The number of ether oxygens (including phenoxy) is 1. The van der Waals surface area contributed by atoms with E-state index in [1.54, 1.807) is 0 Å². The summed E-state index contributed by atoms with van der Waals surface area (Å²) in [4.78, 5) is 13.2. The van der Waals surface area contributed by atoms with Crippen LogP contribution in [0.25, 0.3) is 0 Å². The number of rotatable bonds is 5. The predicted octanol–water partition coefficient (Wildman–Crippen LogP) is 1.82. The van der Waals surface area contributed by atoms with Gasteiger partial charge >= 0.3 is 0 Å². The van der Waals surface area contributed by atoms with E-state index in [4.69, 9.17) is 9.84 Å². The van der Waals surface area contributed by atoms with Crippen molar-refractivity contribution >= 4 is 12.2 Å². The molecule has 6 nitrogen and oxygen atoms in total. The summed E-state index contributed by atoms with van der Waals surface area (Å²) in [6.45, 7) is 9.26. The van der Waals surface area contributed by atoms with Crippen molar-refractivity contribution in [1.82, 2.24) is 9.80 Å². The number of hydrogen-bond acceptors (Lipinski definition) is 5. The lowest BCUT2D eigenvalue weighted by Crippen LogP contribution is -2.36. The van der Waals surface area contributed by atoms with Crippen molar-refractivity contribution in [2.24, 2.45) is 9.98 Å². The fraction of sp³-hybridized carbons (Fsp3) is 0.750. The summed E-state index contributed by atoms with van der Waals surface area (Å²) in [6, 6.07) is 0.825. The summed E-state index contributed by atoms with van der Waals surface area (Å²) in [5.41, 5.74) is 0. The summed E-state index contributed by atoms with van der Waals surface area (Å²) in [5, 5.41) is 9.12. The normalized spacial score (nSPS) is 25.6. The molecule has 22 heavy (non-hydrogen) atoms. The second kappa shape index (κ2) is 7.74. The van der Waals surface area contributed by atoms with Crippen LogP contribution in [0, 0.1) is 0 Å². The Balaban J connectivity index is 1.88. The molecule has 0 spiro atoms. The zero-order valence-electron chi connectivity index (χ0n) is 14.0. The molecule has 1 fully saturated rings. The summed E-state index contributed by atoms with van der Waals surface area (Å²) < 4.78 is 5.76. The fourth-order valence-corrected chi connectivity index (χ4v) is 2.74. The minimum atomic E-state index is -0.0348. The second-order valence-electron chi connectivity index (χ2n) is 6.34. The molecule has 0 aromatic carbocycles. The number of nitrogens with zero attached hydrogens (tertiary/aromatic N) is 4. The first kappa shape index (κ1) is 17.0. The highest BCUT2D eigenvalue weighted by Crippen LogP contribution is 2.23. The van der Waals surface area contributed by atoms with E-state index in [-0.39, 0.29) is 18.9 Å². The van der Waals surface area contributed by atoms with Crippen molar-refractivity contribution in [2.75, 3.05) is 13.3 Å². The zero-order chi connectivity index (χ0) is 16.1. The topological polar surface area (TPSA) is 60.7 Å². The maximum absolute atomic E-state index is 9.12. The van der Waals surface area contributed by atoms with Crippen LogP contribution in [0.2, 0.25) is 0 Å². The molecular weight excluding hydrogens is 280 g/mol. The Morgan fingerprint density at radius 1 is 1.41 bits per heavy atom. The third-order valence-corrected chi connectivity index (χ3v) is 3.99. The van der Waals surface area contributed by atoms with Crippen LogP contribution >= 0.6 is 0 Å². The molecule has 2 aliphatic heterocycles. The van der Waals surface area contributed by atoms with E-state index in [1.165, 1.54) is 0 Å². The number of aliphatic hydroxyl groups is 1. The molecule has 2 unspecified atom stereocenters. The lowest BCUT2D eigenvalue weighted by Gasteiger charge is -2.29. The number of aliphatic hydroxyl groups excluding tert-OH is 1. The Hall–Kier alpha value is -1.40. The molecule has 124 valence electrons. The lowest BCUT2D eigenvalue weighted by atomic mass is 10.2. The van der Waals surface area contributed by atoms with E-state index in [0.717, 1.165) is 18.7 Å². The Morgan fingerprint density at radius 3 is 2.64 bits per heavy atom. The van der Waals surface area contributed by atoms with E-state index in [1.807, 2.05) is 18.6 Å². The minimum Gasteiger partial charge on any atom is -0.394 e. The molecule has 2 heterocycles. The Kier molecular flexibility index (Phi) is 5.97. The molecule has 0 bridgehead atoms. The highest BCUT2D eigenvalue weighted by atomic mass is 16.5. The summed E-state index contributed by atoms with van der Waals surface area (Å²) in [5.74, 6) is 0.735. The van der Waals surface area contributed by atoms with Gasteiger partial charge < -0.3 is 19.6 Å². The first-order valence-corrected chi connectivity index (χ1v) is 8.07. The molecule has 0 aliphatic carbocycles. The van der Waals surface area contributed by atoms with Gasteiger partial charge in [0.2, 0.25) is 0 Å².